The van der Waals surface area contributed by atoms with Crippen LogP contribution in [0.2, 0.25) is 0 Å². The van der Waals surface area contributed by atoms with Crippen molar-refractivity contribution in [3.05, 3.63) is 71.4 Å². The zero-order chi connectivity index (χ0) is 16.6. The molecule has 0 saturated heterocycles. The summed E-state index contributed by atoms with van der Waals surface area (Å²) >= 11 is 1.27. The van der Waals surface area contributed by atoms with Gasteiger partial charge in [0.2, 0.25) is 5.13 Å². The number of hydrogen-bond donors (Lipinski definition) is 2. The summed E-state index contributed by atoms with van der Waals surface area (Å²) in [6, 6.07) is 13.6. The molecule has 2 heterocycles. The van der Waals surface area contributed by atoms with Gasteiger partial charge in [-0.05, 0) is 17.7 Å². The zero-order valence-electron chi connectivity index (χ0n) is 12.7. The summed E-state index contributed by atoms with van der Waals surface area (Å²) in [5, 5.41) is 13.7. The molecule has 0 aliphatic heterocycles. The molecule has 0 spiro atoms. The fourth-order valence-electron chi connectivity index (χ4n) is 1.95. The Hall–Kier alpha value is -3.06. The summed E-state index contributed by atoms with van der Waals surface area (Å²) in [4.78, 5) is 16.2. The molecule has 24 heavy (non-hydrogen) atoms. The van der Waals surface area contributed by atoms with E-state index in [2.05, 4.69) is 25.8 Å². The van der Waals surface area contributed by atoms with Crippen LogP contribution in [-0.2, 0) is 0 Å². The second-order valence-electron chi connectivity index (χ2n) is 4.82. The monoisotopic (exact) mass is 337 g/mol. The molecule has 3 aromatic rings. The van der Waals surface area contributed by atoms with Crippen molar-refractivity contribution in [3.63, 3.8) is 0 Å². The van der Waals surface area contributed by atoms with E-state index in [4.69, 9.17) is 0 Å². The topological polar surface area (TPSA) is 79.8 Å². The van der Waals surface area contributed by atoms with Gasteiger partial charge in [-0.15, -0.1) is 10.2 Å². The quantitative estimate of drug-likeness (QED) is 0.721. The SMILES string of the molecule is O=C(Nc1nncs1)c1ccc(NC/C=C/c2ccccc2)nc1. The summed E-state index contributed by atoms with van der Waals surface area (Å²) in [6.07, 6.45) is 5.59. The third kappa shape index (κ3) is 4.47. The van der Waals surface area contributed by atoms with Crippen LogP contribution < -0.4 is 10.6 Å². The first-order valence-corrected chi connectivity index (χ1v) is 8.18. The van der Waals surface area contributed by atoms with E-state index in [1.807, 2.05) is 42.5 Å². The van der Waals surface area contributed by atoms with Crippen molar-refractivity contribution < 1.29 is 4.79 Å². The van der Waals surface area contributed by atoms with Crippen LogP contribution >= 0.6 is 11.3 Å². The van der Waals surface area contributed by atoms with E-state index in [-0.39, 0.29) is 5.91 Å². The van der Waals surface area contributed by atoms with Gasteiger partial charge in [-0.1, -0.05) is 53.8 Å². The molecule has 0 atom stereocenters. The van der Waals surface area contributed by atoms with Crippen molar-refractivity contribution in [3.8, 4) is 0 Å². The number of aromatic nitrogens is 3. The van der Waals surface area contributed by atoms with Crippen molar-refractivity contribution >= 4 is 34.3 Å². The van der Waals surface area contributed by atoms with Crippen molar-refractivity contribution in [2.45, 2.75) is 0 Å². The van der Waals surface area contributed by atoms with E-state index in [9.17, 15) is 4.79 Å². The van der Waals surface area contributed by atoms with Crippen LogP contribution in [0.3, 0.4) is 0 Å². The number of carbonyl (C=O) groups excluding carboxylic acids is 1. The number of nitrogens with one attached hydrogen (secondary N) is 2. The molecule has 0 radical (unpaired) electrons. The molecule has 0 fully saturated rings. The number of carbonyl (C=O) groups is 1. The highest BCUT2D eigenvalue weighted by Crippen LogP contribution is 2.11. The predicted octanol–water partition coefficient (Wildman–Crippen LogP) is 3.31. The second-order valence-corrected chi connectivity index (χ2v) is 5.66. The maximum absolute atomic E-state index is 12.0. The van der Waals surface area contributed by atoms with Gasteiger partial charge in [0.05, 0.1) is 5.56 Å². The Morgan fingerprint density at radius 3 is 2.75 bits per heavy atom. The fourth-order valence-corrected chi connectivity index (χ4v) is 2.39. The largest absolute Gasteiger partial charge is 0.367 e. The van der Waals surface area contributed by atoms with Gasteiger partial charge >= 0.3 is 0 Å². The summed E-state index contributed by atoms with van der Waals surface area (Å²) in [5.74, 6) is 0.454. The minimum atomic E-state index is -0.255. The van der Waals surface area contributed by atoms with Gasteiger partial charge in [-0.3, -0.25) is 10.1 Å². The lowest BCUT2D eigenvalue weighted by atomic mass is 10.2. The Kier molecular flexibility index (Phi) is 5.26. The number of anilines is 2. The van der Waals surface area contributed by atoms with Gasteiger partial charge in [0.15, 0.2) is 0 Å². The zero-order valence-corrected chi connectivity index (χ0v) is 13.5. The maximum Gasteiger partial charge on any atom is 0.259 e. The summed E-state index contributed by atoms with van der Waals surface area (Å²) in [5.41, 5.74) is 3.18. The molecule has 0 unspecified atom stereocenters. The molecular weight excluding hydrogens is 322 g/mol. The van der Waals surface area contributed by atoms with Gasteiger partial charge in [0, 0.05) is 12.7 Å². The van der Waals surface area contributed by atoms with E-state index in [1.165, 1.54) is 17.5 Å². The van der Waals surface area contributed by atoms with Gasteiger partial charge in [-0.25, -0.2) is 4.98 Å². The first-order chi connectivity index (χ1) is 11.8. The first kappa shape index (κ1) is 15.8. The van der Waals surface area contributed by atoms with Crippen LogP contribution in [0.4, 0.5) is 10.9 Å². The highest BCUT2D eigenvalue weighted by molar-refractivity contribution is 7.13. The molecule has 1 amide bonds. The molecule has 2 N–H and O–H groups in total. The third-order valence-corrected chi connectivity index (χ3v) is 3.72. The van der Waals surface area contributed by atoms with E-state index >= 15 is 0 Å². The Morgan fingerprint density at radius 1 is 1.17 bits per heavy atom. The number of rotatable bonds is 6. The lowest BCUT2D eigenvalue weighted by Crippen LogP contribution is -2.12. The van der Waals surface area contributed by atoms with Gasteiger partial charge in [-0.2, -0.15) is 0 Å². The highest BCUT2D eigenvalue weighted by Gasteiger charge is 2.08. The molecule has 1 aromatic carbocycles. The van der Waals surface area contributed by atoms with E-state index in [1.54, 1.807) is 17.6 Å². The van der Waals surface area contributed by atoms with Crippen molar-refractivity contribution in [1.82, 2.24) is 15.2 Å². The van der Waals surface area contributed by atoms with Crippen LogP contribution in [0.15, 0.2) is 60.2 Å². The van der Waals surface area contributed by atoms with Gasteiger partial charge < -0.3 is 5.32 Å². The molecule has 3 rings (SSSR count). The Morgan fingerprint density at radius 2 is 2.04 bits per heavy atom. The summed E-state index contributed by atoms with van der Waals surface area (Å²) in [6.45, 7) is 0.651. The normalized spacial score (nSPS) is 10.7. The molecule has 0 aliphatic rings. The van der Waals surface area contributed by atoms with E-state index < -0.39 is 0 Å². The lowest BCUT2D eigenvalue weighted by Gasteiger charge is -2.04. The first-order valence-electron chi connectivity index (χ1n) is 7.30. The van der Waals surface area contributed by atoms with Crippen LogP contribution in [0, 0.1) is 0 Å². The summed E-state index contributed by atoms with van der Waals surface area (Å²) < 4.78 is 0. The van der Waals surface area contributed by atoms with Crippen molar-refractivity contribution in [1.29, 1.82) is 0 Å². The summed E-state index contributed by atoms with van der Waals surface area (Å²) in [7, 11) is 0. The Bertz CT molecular complexity index is 801. The van der Waals surface area contributed by atoms with Crippen LogP contribution in [0.25, 0.3) is 6.08 Å². The number of nitrogens with zero attached hydrogens (tertiary/aromatic N) is 3. The minimum absolute atomic E-state index is 0.255. The smallest absolute Gasteiger partial charge is 0.259 e. The molecule has 120 valence electrons. The fraction of sp³-hybridized carbons (Fsp3) is 0.0588. The molecular formula is C17H15N5OS. The van der Waals surface area contributed by atoms with Crippen LogP contribution in [0.5, 0.6) is 0 Å². The van der Waals surface area contributed by atoms with E-state index in [0.717, 1.165) is 5.56 Å². The average molecular weight is 337 g/mol. The number of pyridine rings is 1. The van der Waals surface area contributed by atoms with E-state index in [0.29, 0.717) is 23.1 Å². The van der Waals surface area contributed by atoms with Crippen LogP contribution in [0.1, 0.15) is 15.9 Å². The predicted molar refractivity (Wildman–Crippen MR) is 96.1 cm³/mol. The molecule has 0 aliphatic carbocycles. The van der Waals surface area contributed by atoms with Crippen molar-refractivity contribution in [2.75, 3.05) is 17.2 Å². The molecule has 6 nitrogen and oxygen atoms in total. The Labute approximate surface area is 143 Å². The van der Waals surface area contributed by atoms with Gasteiger partial charge in [0.25, 0.3) is 5.91 Å². The number of benzene rings is 1. The average Bonchev–Trinajstić information content (AvgIpc) is 3.13. The number of hydrogen-bond acceptors (Lipinski definition) is 6. The molecule has 7 heteroatoms. The highest BCUT2D eigenvalue weighted by atomic mass is 32.1. The van der Waals surface area contributed by atoms with Gasteiger partial charge in [0.1, 0.15) is 11.3 Å². The third-order valence-electron chi connectivity index (χ3n) is 3.12. The Balaban J connectivity index is 1.51. The molecule has 0 bridgehead atoms. The maximum atomic E-state index is 12.0. The molecule has 0 saturated carbocycles. The molecule has 2 aromatic heterocycles. The van der Waals surface area contributed by atoms with Crippen molar-refractivity contribution in [2.24, 2.45) is 0 Å². The van der Waals surface area contributed by atoms with Crippen LogP contribution in [-0.4, -0.2) is 27.6 Å². The minimum Gasteiger partial charge on any atom is -0.367 e. The lowest BCUT2D eigenvalue weighted by molar-refractivity contribution is 0.102. The second kappa shape index (κ2) is 7.98. The number of amides is 1. The standard InChI is InChI=1S/C17H15N5OS/c23-16(21-17-22-20-12-24-17)14-8-9-15(19-11-14)18-10-4-7-13-5-2-1-3-6-13/h1-9,11-12H,10H2,(H,18,19)(H,21,22,23)/b7-4+.